The van der Waals surface area contributed by atoms with E-state index in [0.717, 1.165) is 0 Å². The first-order valence-electron chi connectivity index (χ1n) is 5.68. The number of nitrogens with one attached hydrogen (secondary N) is 2. The molecule has 2 N–H and O–H groups in total. The Balaban J connectivity index is 3.43. The SMILES string of the molecule is C=CC(=O)NCCNCCC(=O)OC(C)(C)C. The zero-order valence-corrected chi connectivity index (χ0v) is 10.8. The van der Waals surface area contributed by atoms with Crippen LogP contribution in [-0.2, 0) is 14.3 Å². The van der Waals surface area contributed by atoms with E-state index in [0.29, 0.717) is 26.1 Å². The second-order valence-electron chi connectivity index (χ2n) is 4.58. The predicted molar refractivity (Wildman–Crippen MR) is 66.5 cm³/mol. The molecular weight excluding hydrogens is 220 g/mol. The topological polar surface area (TPSA) is 67.4 Å². The van der Waals surface area contributed by atoms with E-state index in [9.17, 15) is 9.59 Å². The zero-order valence-electron chi connectivity index (χ0n) is 10.8. The number of hydrogen-bond donors (Lipinski definition) is 2. The Hall–Kier alpha value is -1.36. The molecule has 0 aliphatic carbocycles. The molecule has 0 aromatic rings. The molecule has 0 atom stereocenters. The molecule has 0 aromatic carbocycles. The molecular formula is C12H22N2O3. The normalized spacial score (nSPS) is 10.8. The Morgan fingerprint density at radius 2 is 1.88 bits per heavy atom. The van der Waals surface area contributed by atoms with Gasteiger partial charge in [-0.25, -0.2) is 0 Å². The van der Waals surface area contributed by atoms with Gasteiger partial charge in [0.25, 0.3) is 0 Å². The zero-order chi connectivity index (χ0) is 13.3. The summed E-state index contributed by atoms with van der Waals surface area (Å²) >= 11 is 0. The van der Waals surface area contributed by atoms with E-state index in [-0.39, 0.29) is 11.9 Å². The molecule has 0 heterocycles. The Kier molecular flexibility index (Phi) is 7.21. The molecule has 0 radical (unpaired) electrons. The van der Waals surface area contributed by atoms with Crippen molar-refractivity contribution in [2.75, 3.05) is 19.6 Å². The maximum absolute atomic E-state index is 11.3. The molecule has 0 spiro atoms. The number of carbonyl (C=O) groups excluding carboxylic acids is 2. The highest BCUT2D eigenvalue weighted by molar-refractivity contribution is 5.86. The maximum atomic E-state index is 11.3. The summed E-state index contributed by atoms with van der Waals surface area (Å²) in [6.45, 7) is 10.5. The van der Waals surface area contributed by atoms with Crippen LogP contribution in [0.3, 0.4) is 0 Å². The minimum atomic E-state index is -0.435. The van der Waals surface area contributed by atoms with E-state index >= 15 is 0 Å². The van der Waals surface area contributed by atoms with Crippen molar-refractivity contribution in [2.24, 2.45) is 0 Å². The lowest BCUT2D eigenvalue weighted by Gasteiger charge is -2.19. The van der Waals surface area contributed by atoms with Gasteiger partial charge in [0.15, 0.2) is 0 Å². The lowest BCUT2D eigenvalue weighted by Crippen LogP contribution is -2.32. The fourth-order valence-electron chi connectivity index (χ4n) is 1.05. The third-order valence-corrected chi connectivity index (χ3v) is 1.71. The van der Waals surface area contributed by atoms with Gasteiger partial charge in [-0.15, -0.1) is 0 Å². The third-order valence-electron chi connectivity index (χ3n) is 1.71. The lowest BCUT2D eigenvalue weighted by atomic mass is 10.2. The maximum Gasteiger partial charge on any atom is 0.307 e. The summed E-state index contributed by atoms with van der Waals surface area (Å²) in [5.41, 5.74) is -0.435. The highest BCUT2D eigenvalue weighted by Gasteiger charge is 2.15. The second-order valence-corrected chi connectivity index (χ2v) is 4.58. The number of hydrogen-bond acceptors (Lipinski definition) is 4. The molecule has 0 aromatic heterocycles. The lowest BCUT2D eigenvalue weighted by molar-refractivity contribution is -0.154. The quantitative estimate of drug-likeness (QED) is 0.390. The molecule has 5 heteroatoms. The Bertz CT molecular complexity index is 269. The first-order valence-corrected chi connectivity index (χ1v) is 5.68. The van der Waals surface area contributed by atoms with E-state index in [1.807, 2.05) is 20.8 Å². The number of carbonyl (C=O) groups is 2. The molecule has 1 amide bonds. The minimum absolute atomic E-state index is 0.195. The standard InChI is InChI=1S/C12H22N2O3/c1-5-10(15)14-9-8-13-7-6-11(16)17-12(2,3)4/h5,13H,1,6-9H2,2-4H3,(H,14,15). The van der Waals surface area contributed by atoms with E-state index in [4.69, 9.17) is 4.74 Å². The van der Waals surface area contributed by atoms with Gasteiger partial charge in [0.1, 0.15) is 5.60 Å². The van der Waals surface area contributed by atoms with E-state index < -0.39 is 5.60 Å². The first-order chi connectivity index (χ1) is 7.85. The van der Waals surface area contributed by atoms with Crippen LogP contribution >= 0.6 is 0 Å². The van der Waals surface area contributed by atoms with Crippen molar-refractivity contribution in [2.45, 2.75) is 32.8 Å². The van der Waals surface area contributed by atoms with Gasteiger partial charge in [0.05, 0.1) is 6.42 Å². The fourth-order valence-corrected chi connectivity index (χ4v) is 1.05. The van der Waals surface area contributed by atoms with Crippen molar-refractivity contribution in [1.82, 2.24) is 10.6 Å². The van der Waals surface area contributed by atoms with Gasteiger partial charge in [-0.2, -0.15) is 0 Å². The minimum Gasteiger partial charge on any atom is -0.460 e. The molecule has 0 saturated carbocycles. The molecule has 0 bridgehead atoms. The number of rotatable bonds is 7. The van der Waals surface area contributed by atoms with Crippen LogP contribution in [-0.4, -0.2) is 37.1 Å². The van der Waals surface area contributed by atoms with Crippen LogP contribution < -0.4 is 10.6 Å². The van der Waals surface area contributed by atoms with E-state index in [1.165, 1.54) is 6.08 Å². The van der Waals surface area contributed by atoms with Gasteiger partial charge in [-0.1, -0.05) is 6.58 Å². The molecule has 0 aliphatic heterocycles. The van der Waals surface area contributed by atoms with Crippen LogP contribution in [0.25, 0.3) is 0 Å². The van der Waals surface area contributed by atoms with Crippen LogP contribution in [0.2, 0.25) is 0 Å². The summed E-state index contributed by atoms with van der Waals surface area (Å²) in [7, 11) is 0. The predicted octanol–water partition coefficient (Wildman–Crippen LogP) is 0.610. The van der Waals surface area contributed by atoms with Gasteiger partial charge < -0.3 is 15.4 Å². The highest BCUT2D eigenvalue weighted by atomic mass is 16.6. The summed E-state index contributed by atoms with van der Waals surface area (Å²) in [6.07, 6.45) is 1.55. The molecule has 0 rings (SSSR count). The third kappa shape index (κ3) is 10.9. The summed E-state index contributed by atoms with van der Waals surface area (Å²) in [4.78, 5) is 22.1. The van der Waals surface area contributed by atoms with Crippen molar-refractivity contribution >= 4 is 11.9 Å². The number of esters is 1. The average Bonchev–Trinajstić information content (AvgIpc) is 2.20. The van der Waals surface area contributed by atoms with Crippen LogP contribution in [0.5, 0.6) is 0 Å². The highest BCUT2D eigenvalue weighted by Crippen LogP contribution is 2.07. The van der Waals surface area contributed by atoms with Crippen molar-refractivity contribution in [1.29, 1.82) is 0 Å². The van der Waals surface area contributed by atoms with Gasteiger partial charge in [0, 0.05) is 19.6 Å². The van der Waals surface area contributed by atoms with Crippen LogP contribution in [0.1, 0.15) is 27.2 Å². The summed E-state index contributed by atoms with van der Waals surface area (Å²) in [5.74, 6) is -0.418. The van der Waals surface area contributed by atoms with E-state index in [1.54, 1.807) is 0 Å². The largest absolute Gasteiger partial charge is 0.460 e. The first kappa shape index (κ1) is 15.6. The molecule has 0 unspecified atom stereocenters. The molecule has 0 aliphatic rings. The van der Waals surface area contributed by atoms with Crippen LogP contribution in [0.15, 0.2) is 12.7 Å². The van der Waals surface area contributed by atoms with Crippen molar-refractivity contribution in [3.63, 3.8) is 0 Å². The Morgan fingerprint density at radius 3 is 2.41 bits per heavy atom. The smallest absolute Gasteiger partial charge is 0.307 e. The molecule has 0 fully saturated rings. The summed E-state index contributed by atoms with van der Waals surface area (Å²) < 4.78 is 5.14. The Morgan fingerprint density at radius 1 is 1.24 bits per heavy atom. The van der Waals surface area contributed by atoms with Crippen molar-refractivity contribution in [3.05, 3.63) is 12.7 Å². The van der Waals surface area contributed by atoms with Gasteiger partial charge in [-0.05, 0) is 26.8 Å². The molecule has 98 valence electrons. The van der Waals surface area contributed by atoms with Gasteiger partial charge in [0.2, 0.25) is 5.91 Å². The molecule has 17 heavy (non-hydrogen) atoms. The van der Waals surface area contributed by atoms with Crippen LogP contribution in [0, 0.1) is 0 Å². The van der Waals surface area contributed by atoms with Crippen molar-refractivity contribution < 1.29 is 14.3 Å². The fraction of sp³-hybridized carbons (Fsp3) is 0.667. The van der Waals surface area contributed by atoms with Crippen LogP contribution in [0.4, 0.5) is 0 Å². The molecule has 0 saturated heterocycles. The monoisotopic (exact) mass is 242 g/mol. The Labute approximate surface area is 103 Å². The van der Waals surface area contributed by atoms with Gasteiger partial charge in [-0.3, -0.25) is 9.59 Å². The number of ether oxygens (including phenoxy) is 1. The second kappa shape index (κ2) is 7.84. The number of amides is 1. The summed E-state index contributed by atoms with van der Waals surface area (Å²) in [6, 6.07) is 0. The average molecular weight is 242 g/mol. The van der Waals surface area contributed by atoms with Gasteiger partial charge >= 0.3 is 5.97 Å². The van der Waals surface area contributed by atoms with E-state index in [2.05, 4.69) is 17.2 Å². The van der Waals surface area contributed by atoms with Crippen molar-refractivity contribution in [3.8, 4) is 0 Å². The summed E-state index contributed by atoms with van der Waals surface area (Å²) in [5, 5.41) is 5.65. The molecule has 5 nitrogen and oxygen atoms in total.